The molecule has 0 amide bonds. The lowest BCUT2D eigenvalue weighted by molar-refractivity contribution is 0.534. The van der Waals surface area contributed by atoms with E-state index < -0.39 is 0 Å². The molecule has 3 N–H and O–H groups in total. The molecule has 2 heteroatoms. The van der Waals surface area contributed by atoms with Gasteiger partial charge in [-0.2, -0.15) is 0 Å². The van der Waals surface area contributed by atoms with Crippen molar-refractivity contribution in [2.45, 2.75) is 116 Å². The molecule has 0 spiro atoms. The fraction of sp³-hybridized carbons (Fsp3) is 0.643. The Labute approximate surface area is 187 Å². The van der Waals surface area contributed by atoms with Gasteiger partial charge in [0.2, 0.25) is 0 Å². The lowest BCUT2D eigenvalue weighted by Crippen LogP contribution is -2.31. The highest BCUT2D eigenvalue weighted by Gasteiger charge is 2.11. The molecule has 30 heavy (non-hydrogen) atoms. The largest absolute Gasteiger partial charge is 0.399 e. The minimum Gasteiger partial charge on any atom is -0.399 e. The molecular weight excluding hydrogens is 364 g/mol. The van der Waals surface area contributed by atoms with Crippen molar-refractivity contribution in [2.24, 2.45) is 0 Å². The third-order valence-electron chi connectivity index (χ3n) is 5.97. The number of nitrogens with two attached hydrogens (primary N) is 1. The summed E-state index contributed by atoms with van der Waals surface area (Å²) in [5.41, 5.74) is 10.2. The summed E-state index contributed by atoms with van der Waals surface area (Å²) < 4.78 is 0. The molecule has 1 rings (SSSR count). The maximum absolute atomic E-state index is 5.79. The van der Waals surface area contributed by atoms with E-state index in [1.807, 2.05) is 12.1 Å². The Morgan fingerprint density at radius 2 is 1.27 bits per heavy atom. The minimum atomic E-state index is 0.239. The van der Waals surface area contributed by atoms with Crippen LogP contribution in [-0.4, -0.2) is 6.04 Å². The zero-order valence-electron chi connectivity index (χ0n) is 20.0. The zero-order valence-corrected chi connectivity index (χ0v) is 20.0. The summed E-state index contributed by atoms with van der Waals surface area (Å²) in [5, 5.41) is 3.60. The van der Waals surface area contributed by atoms with Crippen LogP contribution in [0.4, 0.5) is 5.69 Å². The van der Waals surface area contributed by atoms with Crippen molar-refractivity contribution in [2.75, 3.05) is 5.73 Å². The summed E-state index contributed by atoms with van der Waals surface area (Å²) in [4.78, 5) is 0. The van der Waals surface area contributed by atoms with Crippen molar-refractivity contribution in [3.05, 3.63) is 54.3 Å². The molecule has 0 heterocycles. The first kappa shape index (κ1) is 26.3. The third-order valence-corrected chi connectivity index (χ3v) is 5.97. The molecule has 0 saturated heterocycles. The van der Waals surface area contributed by atoms with Gasteiger partial charge in [-0.05, 0) is 43.9 Å². The van der Waals surface area contributed by atoms with Crippen LogP contribution < -0.4 is 11.1 Å². The molecule has 2 nitrogen and oxygen atoms in total. The molecule has 0 radical (unpaired) electrons. The van der Waals surface area contributed by atoms with Crippen molar-refractivity contribution < 1.29 is 0 Å². The van der Waals surface area contributed by atoms with E-state index in [9.17, 15) is 0 Å². The highest BCUT2D eigenvalue weighted by molar-refractivity contribution is 5.39. The number of hydrogen-bond donors (Lipinski definition) is 2. The number of benzene rings is 1. The van der Waals surface area contributed by atoms with Gasteiger partial charge in [0.25, 0.3) is 0 Å². The Morgan fingerprint density at radius 1 is 0.800 bits per heavy atom. The van der Waals surface area contributed by atoms with Crippen molar-refractivity contribution in [1.82, 2.24) is 5.32 Å². The van der Waals surface area contributed by atoms with Crippen LogP contribution in [0.5, 0.6) is 0 Å². The first-order valence-electron chi connectivity index (χ1n) is 12.5. The number of nitrogen functional groups attached to an aromatic ring is 1. The monoisotopic (exact) mass is 412 g/mol. The summed E-state index contributed by atoms with van der Waals surface area (Å²) in [6, 6.07) is 8.37. The third kappa shape index (κ3) is 13.5. The summed E-state index contributed by atoms with van der Waals surface area (Å²) >= 11 is 0. The van der Waals surface area contributed by atoms with Gasteiger partial charge < -0.3 is 11.1 Å². The lowest BCUT2D eigenvalue weighted by atomic mass is 9.99. The van der Waals surface area contributed by atoms with E-state index in [2.05, 4.69) is 44.5 Å². The first-order valence-corrected chi connectivity index (χ1v) is 12.5. The Morgan fingerprint density at radius 3 is 1.73 bits per heavy atom. The molecule has 0 unspecified atom stereocenters. The number of rotatable bonds is 19. The average Bonchev–Trinajstić information content (AvgIpc) is 2.72. The first-order chi connectivity index (χ1) is 14.5. The van der Waals surface area contributed by atoms with Crippen LogP contribution >= 0.6 is 0 Å². The van der Waals surface area contributed by atoms with Crippen LogP contribution in [0.1, 0.15) is 109 Å². The molecule has 170 valence electrons. The van der Waals surface area contributed by atoms with Gasteiger partial charge in [0.05, 0.1) is 6.04 Å². The smallest absolute Gasteiger partial charge is 0.0505 e. The second-order valence-corrected chi connectivity index (χ2v) is 9.09. The second-order valence-electron chi connectivity index (χ2n) is 9.09. The van der Waals surface area contributed by atoms with E-state index in [1.54, 1.807) is 0 Å². The molecule has 0 bridgehead atoms. The molecule has 0 fully saturated rings. The summed E-state index contributed by atoms with van der Waals surface area (Å²) in [6.07, 6.45) is 20.1. The van der Waals surface area contributed by atoms with Crippen molar-refractivity contribution >= 4 is 5.69 Å². The van der Waals surface area contributed by atoms with Gasteiger partial charge in [-0.15, -0.1) is 0 Å². The van der Waals surface area contributed by atoms with Gasteiger partial charge in [-0.1, -0.05) is 115 Å². The van der Waals surface area contributed by atoms with E-state index in [0.29, 0.717) is 0 Å². The van der Waals surface area contributed by atoms with Crippen LogP contribution in [0, 0.1) is 0 Å². The van der Waals surface area contributed by atoms with E-state index in [1.165, 1.54) is 89.0 Å². The fourth-order valence-electron chi connectivity index (χ4n) is 3.91. The quantitative estimate of drug-likeness (QED) is 0.136. The van der Waals surface area contributed by atoms with E-state index in [4.69, 9.17) is 5.73 Å². The van der Waals surface area contributed by atoms with Gasteiger partial charge in [0.15, 0.2) is 0 Å². The molecule has 1 aromatic rings. The molecule has 0 saturated carbocycles. The highest BCUT2D eigenvalue weighted by Crippen LogP contribution is 2.16. The molecular formula is C28H48N2. The predicted octanol–water partition coefficient (Wildman–Crippen LogP) is 8.34. The Bertz CT molecular complexity index is 573. The van der Waals surface area contributed by atoms with Crippen molar-refractivity contribution in [1.29, 1.82) is 0 Å². The molecule has 1 aromatic carbocycles. The number of anilines is 1. The molecule has 0 aromatic heterocycles. The van der Waals surface area contributed by atoms with Crippen molar-refractivity contribution in [3.63, 3.8) is 0 Å². The maximum Gasteiger partial charge on any atom is 0.0505 e. The van der Waals surface area contributed by atoms with E-state index >= 15 is 0 Å². The standard InChI is InChI=1S/C28H48N2/c1-5-6-7-8-9-10-11-12-13-14-15-16-17-18-25(4)30-28(24(2)3)23-26-19-21-27(29)22-20-26/h19-22,28,30H,2,4-18,23,29H2,1,3H3/t28-/m0/s1. The summed E-state index contributed by atoms with van der Waals surface area (Å²) in [6.45, 7) is 12.8. The van der Waals surface area contributed by atoms with Gasteiger partial charge >= 0.3 is 0 Å². The summed E-state index contributed by atoms with van der Waals surface area (Å²) in [5.74, 6) is 0. The van der Waals surface area contributed by atoms with Crippen LogP contribution in [0.15, 0.2) is 48.7 Å². The second kappa shape index (κ2) is 17.0. The molecule has 0 aliphatic carbocycles. The Kier molecular flexibility index (Phi) is 14.9. The highest BCUT2D eigenvalue weighted by atomic mass is 14.9. The van der Waals surface area contributed by atoms with Gasteiger partial charge in [-0.3, -0.25) is 0 Å². The molecule has 0 aliphatic heterocycles. The zero-order chi connectivity index (χ0) is 22.0. The minimum absolute atomic E-state index is 0.239. The van der Waals surface area contributed by atoms with E-state index in [0.717, 1.165) is 29.8 Å². The topological polar surface area (TPSA) is 38.0 Å². The van der Waals surface area contributed by atoms with E-state index in [-0.39, 0.29) is 6.04 Å². The normalized spacial score (nSPS) is 11.9. The fourth-order valence-corrected chi connectivity index (χ4v) is 3.91. The molecule has 0 aliphatic rings. The van der Waals surface area contributed by atoms with Crippen LogP contribution in [0.25, 0.3) is 0 Å². The van der Waals surface area contributed by atoms with Crippen LogP contribution in [0.2, 0.25) is 0 Å². The predicted molar refractivity (Wildman–Crippen MR) is 136 cm³/mol. The Hall–Kier alpha value is -1.70. The maximum atomic E-state index is 5.79. The lowest BCUT2D eigenvalue weighted by Gasteiger charge is -2.22. The number of hydrogen-bond acceptors (Lipinski definition) is 2. The SMILES string of the molecule is C=C(CCCCCCCCCCCCCCC)N[C@@H](Cc1ccc(N)cc1)C(=C)C. The van der Waals surface area contributed by atoms with Crippen molar-refractivity contribution in [3.8, 4) is 0 Å². The van der Waals surface area contributed by atoms with Gasteiger partial charge in [0.1, 0.15) is 0 Å². The number of allylic oxidation sites excluding steroid dienone is 1. The van der Waals surface area contributed by atoms with Gasteiger partial charge in [0, 0.05) is 11.4 Å². The number of unbranched alkanes of at least 4 members (excludes halogenated alkanes) is 12. The Balaban J connectivity index is 2.04. The number of nitrogens with one attached hydrogen (secondary N) is 1. The van der Waals surface area contributed by atoms with Crippen LogP contribution in [-0.2, 0) is 6.42 Å². The summed E-state index contributed by atoms with van der Waals surface area (Å²) in [7, 11) is 0. The average molecular weight is 413 g/mol. The van der Waals surface area contributed by atoms with Gasteiger partial charge in [-0.25, -0.2) is 0 Å². The molecule has 1 atom stereocenters. The van der Waals surface area contributed by atoms with Crippen LogP contribution in [0.3, 0.4) is 0 Å².